The Kier molecular flexibility index (Phi) is 64.3. The van der Waals surface area contributed by atoms with Crippen LogP contribution in [0.15, 0.2) is 109 Å². The van der Waals surface area contributed by atoms with Crippen LogP contribution in [-0.4, -0.2) is 37.2 Å². The molecule has 1 atom stereocenters. The van der Waals surface area contributed by atoms with Crippen molar-refractivity contribution in [2.75, 3.05) is 13.2 Å². The molecule has 0 N–H and O–H groups in total. The molecule has 458 valence electrons. The quantitative estimate of drug-likeness (QED) is 0.0261. The van der Waals surface area contributed by atoms with Crippen LogP contribution in [0.3, 0.4) is 0 Å². The molecule has 0 spiro atoms. The van der Waals surface area contributed by atoms with Gasteiger partial charge in [-0.05, 0) is 122 Å². The molecule has 0 rings (SSSR count). The van der Waals surface area contributed by atoms with Crippen LogP contribution in [0, 0.1) is 0 Å². The molecule has 0 aromatic heterocycles. The predicted molar refractivity (Wildman–Crippen MR) is 348 cm³/mol. The summed E-state index contributed by atoms with van der Waals surface area (Å²) in [6.45, 7) is 6.40. The van der Waals surface area contributed by atoms with E-state index in [4.69, 9.17) is 14.2 Å². The fourth-order valence-corrected chi connectivity index (χ4v) is 9.48. The number of carbonyl (C=O) groups excluding carboxylic acids is 3. The van der Waals surface area contributed by atoms with Gasteiger partial charge in [-0.2, -0.15) is 0 Å². The largest absolute Gasteiger partial charge is 0.462 e. The van der Waals surface area contributed by atoms with Gasteiger partial charge in [-0.3, -0.25) is 14.4 Å². The van der Waals surface area contributed by atoms with E-state index >= 15 is 0 Å². The Morgan fingerprint density at radius 2 is 0.487 bits per heavy atom. The molecule has 0 aliphatic heterocycles. The number of hydrogen-bond acceptors (Lipinski definition) is 6. The average Bonchev–Trinajstić information content (AvgIpc) is 3.46. The molecule has 0 saturated heterocycles. The molecule has 0 aliphatic rings. The zero-order valence-corrected chi connectivity index (χ0v) is 52.6. The number of unbranched alkanes of at least 4 members (excludes halogenated alkanes) is 32. The summed E-state index contributed by atoms with van der Waals surface area (Å²) in [5.41, 5.74) is 0. The van der Waals surface area contributed by atoms with Crippen molar-refractivity contribution in [2.24, 2.45) is 0 Å². The van der Waals surface area contributed by atoms with Gasteiger partial charge in [0.15, 0.2) is 6.10 Å². The zero-order valence-electron chi connectivity index (χ0n) is 52.6. The molecular weight excluding hydrogens is 985 g/mol. The summed E-state index contributed by atoms with van der Waals surface area (Å²) in [4.78, 5) is 38.3. The van der Waals surface area contributed by atoms with Crippen molar-refractivity contribution in [3.05, 3.63) is 109 Å². The van der Waals surface area contributed by atoms with Gasteiger partial charge < -0.3 is 14.2 Å². The Balaban J connectivity index is 4.21. The average molecular weight is 1110 g/mol. The number of carbonyl (C=O) groups is 3. The van der Waals surface area contributed by atoms with E-state index in [1.54, 1.807) is 0 Å². The molecule has 0 saturated carbocycles. The third-order valence-electron chi connectivity index (χ3n) is 14.5. The van der Waals surface area contributed by atoms with E-state index in [-0.39, 0.29) is 31.1 Å². The van der Waals surface area contributed by atoms with Crippen molar-refractivity contribution in [3.8, 4) is 0 Å². The van der Waals surface area contributed by atoms with E-state index in [0.29, 0.717) is 19.3 Å². The fraction of sp³-hybridized carbons (Fsp3) is 0.716. The van der Waals surface area contributed by atoms with E-state index in [2.05, 4.69) is 130 Å². The summed E-state index contributed by atoms with van der Waals surface area (Å²) in [5.74, 6) is -0.897. The highest BCUT2D eigenvalue weighted by atomic mass is 16.6. The molecule has 0 aromatic rings. The van der Waals surface area contributed by atoms with Gasteiger partial charge in [0.05, 0.1) is 0 Å². The molecule has 0 aromatic carbocycles. The Morgan fingerprint density at radius 1 is 0.263 bits per heavy atom. The second kappa shape index (κ2) is 67.6. The molecular formula is C74H126O6. The van der Waals surface area contributed by atoms with Gasteiger partial charge in [0, 0.05) is 19.3 Å². The number of allylic oxidation sites excluding steroid dienone is 18. The van der Waals surface area contributed by atoms with Crippen LogP contribution in [0.1, 0.15) is 323 Å². The van der Waals surface area contributed by atoms with Crippen LogP contribution < -0.4 is 0 Å². The third-order valence-corrected chi connectivity index (χ3v) is 14.5. The van der Waals surface area contributed by atoms with E-state index < -0.39 is 6.10 Å². The molecule has 0 aliphatic carbocycles. The van der Waals surface area contributed by atoms with Crippen molar-refractivity contribution in [2.45, 2.75) is 329 Å². The third kappa shape index (κ3) is 64.9. The van der Waals surface area contributed by atoms with E-state index in [9.17, 15) is 14.4 Å². The summed E-state index contributed by atoms with van der Waals surface area (Å²) in [6, 6.07) is 0. The predicted octanol–water partition coefficient (Wildman–Crippen LogP) is 23.4. The molecule has 0 heterocycles. The standard InChI is InChI=1S/C74H126O6/c1-4-7-10-13-16-19-22-25-27-29-31-32-33-34-35-36-37-38-39-40-41-42-44-45-47-49-52-55-58-61-64-67-73(76)79-70-71(69-78-72(75)66-63-60-57-54-51-24-21-18-15-12-9-6-3)80-74(77)68-65-62-59-56-53-50-48-46-43-30-28-26-23-20-17-14-11-8-5-2/h7-8,10-11,16-21,25-28,31-32,43,46,71H,4-6,9,12-15,22-24,29-30,33-42,44-45,47-70H2,1-3H3/b10-7-,11-8-,19-16-,20-17-,21-18-,27-25-,28-26-,32-31-,46-43-. The monoisotopic (exact) mass is 1110 g/mol. The van der Waals surface area contributed by atoms with Crippen molar-refractivity contribution < 1.29 is 28.6 Å². The minimum absolute atomic E-state index is 0.0845. The molecule has 80 heavy (non-hydrogen) atoms. The Labute approximate surface area is 495 Å². The highest BCUT2D eigenvalue weighted by Crippen LogP contribution is 2.17. The Morgan fingerprint density at radius 3 is 0.775 bits per heavy atom. The summed E-state index contributed by atoms with van der Waals surface area (Å²) < 4.78 is 16.9. The highest BCUT2D eigenvalue weighted by Gasteiger charge is 2.19. The lowest BCUT2D eigenvalue weighted by atomic mass is 10.0. The van der Waals surface area contributed by atoms with Crippen LogP contribution in [0.2, 0.25) is 0 Å². The van der Waals surface area contributed by atoms with Crippen molar-refractivity contribution >= 4 is 17.9 Å². The summed E-state index contributed by atoms with van der Waals surface area (Å²) in [6.07, 6.45) is 92.6. The second-order valence-corrected chi connectivity index (χ2v) is 22.3. The summed E-state index contributed by atoms with van der Waals surface area (Å²) in [5, 5.41) is 0. The first-order valence-corrected chi connectivity index (χ1v) is 33.9. The molecule has 0 fully saturated rings. The van der Waals surface area contributed by atoms with Crippen LogP contribution in [-0.2, 0) is 28.6 Å². The highest BCUT2D eigenvalue weighted by molar-refractivity contribution is 5.71. The fourth-order valence-electron chi connectivity index (χ4n) is 9.48. The molecule has 6 nitrogen and oxygen atoms in total. The first-order chi connectivity index (χ1) is 39.5. The zero-order chi connectivity index (χ0) is 57.8. The molecule has 0 radical (unpaired) electrons. The van der Waals surface area contributed by atoms with E-state index in [1.165, 1.54) is 154 Å². The lowest BCUT2D eigenvalue weighted by Crippen LogP contribution is -2.30. The number of esters is 3. The topological polar surface area (TPSA) is 78.9 Å². The van der Waals surface area contributed by atoms with Crippen molar-refractivity contribution in [3.63, 3.8) is 0 Å². The molecule has 0 bridgehead atoms. The minimum Gasteiger partial charge on any atom is -0.462 e. The van der Waals surface area contributed by atoms with Crippen LogP contribution in [0.4, 0.5) is 0 Å². The lowest BCUT2D eigenvalue weighted by molar-refractivity contribution is -0.167. The minimum atomic E-state index is -0.790. The maximum atomic E-state index is 12.9. The summed E-state index contributed by atoms with van der Waals surface area (Å²) >= 11 is 0. The van der Waals surface area contributed by atoms with Crippen molar-refractivity contribution in [1.29, 1.82) is 0 Å². The van der Waals surface area contributed by atoms with Crippen LogP contribution in [0.5, 0.6) is 0 Å². The van der Waals surface area contributed by atoms with Gasteiger partial charge in [-0.25, -0.2) is 0 Å². The first-order valence-electron chi connectivity index (χ1n) is 33.9. The first kappa shape index (κ1) is 76.1. The van der Waals surface area contributed by atoms with Crippen molar-refractivity contribution in [1.82, 2.24) is 0 Å². The summed E-state index contributed by atoms with van der Waals surface area (Å²) in [7, 11) is 0. The Bertz CT molecular complexity index is 1610. The second-order valence-electron chi connectivity index (χ2n) is 22.3. The molecule has 0 amide bonds. The maximum absolute atomic E-state index is 12.9. The van der Waals surface area contributed by atoms with E-state index in [1.807, 2.05) is 0 Å². The Hall–Kier alpha value is -3.93. The number of rotatable bonds is 61. The van der Waals surface area contributed by atoms with Gasteiger partial charge >= 0.3 is 17.9 Å². The number of hydrogen-bond donors (Lipinski definition) is 0. The van der Waals surface area contributed by atoms with Crippen LogP contribution in [0.25, 0.3) is 0 Å². The smallest absolute Gasteiger partial charge is 0.306 e. The van der Waals surface area contributed by atoms with Gasteiger partial charge in [0.25, 0.3) is 0 Å². The number of ether oxygens (including phenoxy) is 3. The van der Waals surface area contributed by atoms with Gasteiger partial charge in [0.1, 0.15) is 13.2 Å². The van der Waals surface area contributed by atoms with Gasteiger partial charge in [-0.1, -0.05) is 291 Å². The SMILES string of the molecule is CC/C=C\C/C=C\C/C=C\C/C=C\CCCCCCCCCCCCCCCCCCCCC(=O)OCC(COC(=O)CCCCCCC/C=C\CCCCC)OC(=O)CCCCCCCC/C=C\C/C=C\C/C=C\C/C=C\CC. The molecule has 1 unspecified atom stereocenters. The molecule has 6 heteroatoms. The maximum Gasteiger partial charge on any atom is 0.306 e. The van der Waals surface area contributed by atoms with Gasteiger partial charge in [0.2, 0.25) is 0 Å². The van der Waals surface area contributed by atoms with Crippen LogP contribution >= 0.6 is 0 Å². The normalized spacial score (nSPS) is 12.8. The lowest BCUT2D eigenvalue weighted by Gasteiger charge is -2.18. The van der Waals surface area contributed by atoms with Gasteiger partial charge in [-0.15, -0.1) is 0 Å². The van der Waals surface area contributed by atoms with E-state index in [0.717, 1.165) is 128 Å².